The smallest absolute Gasteiger partial charge is 0.282 e. The van der Waals surface area contributed by atoms with Crippen molar-refractivity contribution in [1.29, 1.82) is 0 Å². The highest BCUT2D eigenvalue weighted by molar-refractivity contribution is 5.93. The Bertz CT molecular complexity index is 650. The van der Waals surface area contributed by atoms with Crippen LogP contribution >= 0.6 is 0 Å². The van der Waals surface area contributed by atoms with Gasteiger partial charge in [-0.1, -0.05) is 19.1 Å². The number of amides is 1. The highest BCUT2D eigenvalue weighted by Gasteiger charge is 2.21. The molecule has 0 saturated carbocycles. The van der Waals surface area contributed by atoms with E-state index in [0.717, 1.165) is 6.42 Å². The maximum Gasteiger partial charge on any atom is 0.282 e. The van der Waals surface area contributed by atoms with Crippen LogP contribution in [-0.4, -0.2) is 15.7 Å². The van der Waals surface area contributed by atoms with E-state index in [0.29, 0.717) is 11.4 Å². The highest BCUT2D eigenvalue weighted by Crippen LogP contribution is 2.21. The first-order valence-corrected chi connectivity index (χ1v) is 7.16. The summed E-state index contributed by atoms with van der Waals surface area (Å²) in [6.45, 7) is 5.33. The molecule has 0 bridgehead atoms. The van der Waals surface area contributed by atoms with Crippen LogP contribution in [0.15, 0.2) is 30.3 Å². The van der Waals surface area contributed by atoms with Gasteiger partial charge in [0.1, 0.15) is 11.7 Å². The van der Waals surface area contributed by atoms with E-state index in [9.17, 15) is 13.6 Å². The molecule has 0 aliphatic rings. The summed E-state index contributed by atoms with van der Waals surface area (Å²) in [6.07, 6.45) is -1.72. The van der Waals surface area contributed by atoms with Crippen LogP contribution in [0.5, 0.6) is 0 Å². The zero-order valence-electron chi connectivity index (χ0n) is 12.8. The first-order chi connectivity index (χ1) is 10.4. The molecule has 1 atom stereocenters. The third-order valence-corrected chi connectivity index (χ3v) is 3.54. The van der Waals surface area contributed by atoms with E-state index in [2.05, 4.69) is 17.3 Å². The van der Waals surface area contributed by atoms with Gasteiger partial charge in [0, 0.05) is 11.4 Å². The fourth-order valence-electron chi connectivity index (χ4n) is 2.19. The summed E-state index contributed by atoms with van der Waals surface area (Å²) in [5, 5.41) is 6.58. The fourth-order valence-corrected chi connectivity index (χ4v) is 2.19. The Labute approximate surface area is 128 Å². The lowest BCUT2D eigenvalue weighted by Crippen LogP contribution is -2.25. The lowest BCUT2D eigenvalue weighted by molar-refractivity contribution is -0.119. The summed E-state index contributed by atoms with van der Waals surface area (Å²) in [4.78, 5) is 12.2. The summed E-state index contributed by atoms with van der Waals surface area (Å²) in [6, 6.07) is 8.15. The lowest BCUT2D eigenvalue weighted by atomic mass is 10.1. The van der Waals surface area contributed by atoms with Crippen molar-refractivity contribution in [1.82, 2.24) is 9.78 Å². The van der Waals surface area contributed by atoms with Crippen LogP contribution in [0.2, 0.25) is 0 Å². The minimum absolute atomic E-state index is 0.295. The van der Waals surface area contributed by atoms with Crippen molar-refractivity contribution in [2.24, 2.45) is 0 Å². The van der Waals surface area contributed by atoms with Crippen LogP contribution in [0, 0.1) is 6.92 Å². The minimum atomic E-state index is -2.64. The van der Waals surface area contributed by atoms with E-state index in [-0.39, 0.29) is 11.6 Å². The third-order valence-electron chi connectivity index (χ3n) is 3.54. The minimum Gasteiger partial charge on any atom is -0.324 e. The molecule has 0 saturated heterocycles. The standard InChI is InChI=1S/C16H19F2N3O/c1-4-12-5-7-13(8-6-12)19-16(22)11(3)21-10(2)9-14(20-21)15(17)18/h5-9,11,15H,4H2,1-3H3,(H,19,22). The van der Waals surface area contributed by atoms with Gasteiger partial charge in [-0.15, -0.1) is 0 Å². The Hall–Kier alpha value is -2.24. The number of carbonyl (C=O) groups excluding carboxylic acids is 1. The predicted octanol–water partition coefficient (Wildman–Crippen LogP) is 3.89. The Balaban J connectivity index is 2.11. The topological polar surface area (TPSA) is 46.9 Å². The van der Waals surface area contributed by atoms with Gasteiger partial charge in [-0.3, -0.25) is 9.48 Å². The number of alkyl halides is 2. The molecule has 1 aromatic heterocycles. The van der Waals surface area contributed by atoms with Gasteiger partial charge in [0.15, 0.2) is 0 Å². The second-order valence-corrected chi connectivity index (χ2v) is 5.17. The van der Waals surface area contributed by atoms with E-state index < -0.39 is 12.5 Å². The molecule has 1 heterocycles. The Morgan fingerprint density at radius 2 is 1.95 bits per heavy atom. The predicted molar refractivity (Wildman–Crippen MR) is 81.1 cm³/mol. The first kappa shape index (κ1) is 16.1. The number of rotatable bonds is 5. The molecule has 118 valence electrons. The molecule has 0 fully saturated rings. The summed E-state index contributed by atoms with van der Waals surface area (Å²) in [7, 11) is 0. The van der Waals surface area contributed by atoms with Crippen LogP contribution < -0.4 is 5.32 Å². The molecule has 22 heavy (non-hydrogen) atoms. The number of hydrogen-bond donors (Lipinski definition) is 1. The molecule has 2 rings (SSSR count). The molecule has 6 heteroatoms. The van der Waals surface area contributed by atoms with E-state index in [1.807, 2.05) is 24.3 Å². The summed E-state index contributed by atoms with van der Waals surface area (Å²) in [5.41, 5.74) is 2.06. The zero-order valence-corrected chi connectivity index (χ0v) is 12.8. The van der Waals surface area contributed by atoms with E-state index in [4.69, 9.17) is 0 Å². The van der Waals surface area contributed by atoms with E-state index in [1.165, 1.54) is 16.3 Å². The first-order valence-electron chi connectivity index (χ1n) is 7.16. The van der Waals surface area contributed by atoms with Gasteiger partial charge in [0.05, 0.1) is 0 Å². The maximum absolute atomic E-state index is 12.7. The molecular formula is C16H19F2N3O. The number of halogens is 2. The molecule has 2 aromatic rings. The van der Waals surface area contributed by atoms with Crippen molar-refractivity contribution in [3.05, 3.63) is 47.3 Å². The summed E-state index contributed by atoms with van der Waals surface area (Å²) >= 11 is 0. The van der Waals surface area contributed by atoms with Crippen molar-refractivity contribution in [3.8, 4) is 0 Å². The van der Waals surface area contributed by atoms with Gasteiger partial charge in [-0.25, -0.2) is 8.78 Å². The largest absolute Gasteiger partial charge is 0.324 e. The van der Waals surface area contributed by atoms with Gasteiger partial charge in [-0.2, -0.15) is 5.10 Å². The van der Waals surface area contributed by atoms with Gasteiger partial charge in [0.2, 0.25) is 5.91 Å². The SMILES string of the molecule is CCc1ccc(NC(=O)C(C)n2nc(C(F)F)cc2C)cc1. The Morgan fingerprint density at radius 3 is 2.45 bits per heavy atom. The van der Waals surface area contributed by atoms with E-state index in [1.54, 1.807) is 13.8 Å². The third kappa shape index (κ3) is 3.50. The normalized spacial score (nSPS) is 12.5. The summed E-state index contributed by atoms with van der Waals surface area (Å²) in [5.74, 6) is -0.295. The van der Waals surface area contributed by atoms with Crippen LogP contribution in [0.4, 0.5) is 14.5 Å². The van der Waals surface area contributed by atoms with Gasteiger partial charge >= 0.3 is 0 Å². The van der Waals surface area contributed by atoms with Crippen molar-refractivity contribution in [3.63, 3.8) is 0 Å². The molecule has 1 unspecified atom stereocenters. The molecule has 0 spiro atoms. The van der Waals surface area contributed by atoms with Crippen LogP contribution in [0.3, 0.4) is 0 Å². The van der Waals surface area contributed by atoms with Crippen LogP contribution in [0.25, 0.3) is 0 Å². The van der Waals surface area contributed by atoms with Crippen molar-refractivity contribution in [2.45, 2.75) is 39.7 Å². The van der Waals surface area contributed by atoms with Crippen LogP contribution in [0.1, 0.15) is 43.3 Å². The van der Waals surface area contributed by atoms with Gasteiger partial charge in [0.25, 0.3) is 6.43 Å². The zero-order chi connectivity index (χ0) is 16.3. The highest BCUT2D eigenvalue weighted by atomic mass is 19.3. The van der Waals surface area contributed by atoms with Crippen molar-refractivity contribution in [2.75, 3.05) is 5.32 Å². The lowest BCUT2D eigenvalue weighted by Gasteiger charge is -2.14. The molecule has 1 aromatic carbocycles. The average molecular weight is 307 g/mol. The van der Waals surface area contributed by atoms with E-state index >= 15 is 0 Å². The van der Waals surface area contributed by atoms with Gasteiger partial charge in [-0.05, 0) is 44.0 Å². The molecule has 1 amide bonds. The number of benzene rings is 1. The Morgan fingerprint density at radius 1 is 1.32 bits per heavy atom. The number of carbonyl (C=O) groups is 1. The molecule has 0 aliphatic heterocycles. The van der Waals surface area contributed by atoms with Crippen LogP contribution in [-0.2, 0) is 11.2 Å². The molecule has 0 radical (unpaired) electrons. The average Bonchev–Trinajstić information content (AvgIpc) is 2.89. The molecule has 0 aliphatic carbocycles. The van der Waals surface area contributed by atoms with Gasteiger partial charge < -0.3 is 5.32 Å². The van der Waals surface area contributed by atoms with Crippen molar-refractivity contribution >= 4 is 11.6 Å². The molecule has 4 nitrogen and oxygen atoms in total. The monoisotopic (exact) mass is 307 g/mol. The Kier molecular flexibility index (Phi) is 4.90. The number of hydrogen-bond acceptors (Lipinski definition) is 2. The summed E-state index contributed by atoms with van der Waals surface area (Å²) < 4.78 is 26.7. The quantitative estimate of drug-likeness (QED) is 0.911. The number of nitrogens with zero attached hydrogens (tertiary/aromatic N) is 2. The maximum atomic E-state index is 12.7. The molecule has 1 N–H and O–H groups in total. The number of nitrogens with one attached hydrogen (secondary N) is 1. The fraction of sp³-hybridized carbons (Fsp3) is 0.375. The number of aryl methyl sites for hydroxylation is 2. The van der Waals surface area contributed by atoms with Crippen molar-refractivity contribution < 1.29 is 13.6 Å². The number of aromatic nitrogens is 2. The second kappa shape index (κ2) is 6.68. The number of anilines is 1. The molecular weight excluding hydrogens is 288 g/mol. The second-order valence-electron chi connectivity index (χ2n) is 5.17.